The Morgan fingerprint density at radius 3 is 1.76 bits per heavy atom. The second-order valence-electron chi connectivity index (χ2n) is 20.1. The molecule has 4 heteroatoms. The first-order valence-corrected chi connectivity index (χ1v) is 24.4. The van der Waals surface area contributed by atoms with Crippen LogP contribution in [0.3, 0.4) is 0 Å². The molecule has 3 nitrogen and oxygen atoms in total. The first-order chi connectivity index (χ1) is 34.4. The summed E-state index contributed by atoms with van der Waals surface area (Å²) < 4.78 is 10.1. The van der Waals surface area contributed by atoms with E-state index in [1.165, 1.54) is 65.5 Å². The number of nitrogens with zero attached hydrogens (tertiary/aromatic N) is 2. The summed E-state index contributed by atoms with van der Waals surface area (Å²) >= 11 is 0. The van der Waals surface area contributed by atoms with Crippen molar-refractivity contribution < 1.29 is 4.74 Å². The monoisotopic (exact) mass is 894 g/mol. The van der Waals surface area contributed by atoms with Gasteiger partial charge in [0.2, 0.25) is 0 Å². The topological polar surface area (TPSA) is 17.4 Å². The van der Waals surface area contributed by atoms with Crippen LogP contribution in [0.25, 0.3) is 82.4 Å². The Kier molecular flexibility index (Phi) is 8.94. The molecule has 0 aliphatic carbocycles. The van der Waals surface area contributed by atoms with Gasteiger partial charge in [0, 0.05) is 38.8 Å². The highest BCUT2D eigenvalue weighted by Crippen LogP contribution is 2.49. The quantitative estimate of drug-likeness (QED) is 0.127. The van der Waals surface area contributed by atoms with E-state index in [9.17, 15) is 0 Å². The molecule has 3 heterocycles. The zero-order valence-electron chi connectivity index (χ0n) is 39.3. The SMILES string of the molecule is CC(C)(C)c1ccc(-c2cc3c4c(c2)N(c2cccc5ccc6ccccc6c25)c2ccc(-c5ccccc5)cc2B4c2cc(-n4c5ccccc5c5ccccc54)cc(-c4ccccc4)c2O3)cc1. The molecule has 14 rings (SSSR count). The lowest BCUT2D eigenvalue weighted by atomic mass is 9.33. The van der Waals surface area contributed by atoms with E-state index >= 15 is 0 Å². The molecule has 2 aliphatic heterocycles. The summed E-state index contributed by atoms with van der Waals surface area (Å²) in [7, 11) is 0. The Bertz CT molecular complexity index is 4020. The number of fused-ring (bicyclic) bond motifs is 10. The third kappa shape index (κ3) is 6.23. The molecule has 0 N–H and O–H groups in total. The van der Waals surface area contributed by atoms with Crippen LogP contribution in [-0.4, -0.2) is 11.3 Å². The Morgan fingerprint density at radius 1 is 0.414 bits per heavy atom. The van der Waals surface area contributed by atoms with Gasteiger partial charge in [-0.2, -0.15) is 0 Å². The van der Waals surface area contributed by atoms with Crippen LogP contribution >= 0.6 is 0 Å². The van der Waals surface area contributed by atoms with Crippen LogP contribution < -0.4 is 26.0 Å². The fourth-order valence-electron chi connectivity index (χ4n) is 11.6. The zero-order chi connectivity index (χ0) is 46.7. The lowest BCUT2D eigenvalue weighted by Crippen LogP contribution is -2.59. The van der Waals surface area contributed by atoms with Gasteiger partial charge in [0.05, 0.1) is 16.7 Å². The van der Waals surface area contributed by atoms with Gasteiger partial charge in [-0.15, -0.1) is 0 Å². The first-order valence-electron chi connectivity index (χ1n) is 24.4. The summed E-state index contributed by atoms with van der Waals surface area (Å²) in [6, 6.07) is 85.2. The van der Waals surface area contributed by atoms with Gasteiger partial charge in [-0.25, -0.2) is 0 Å². The van der Waals surface area contributed by atoms with Crippen molar-refractivity contribution >= 4 is 83.5 Å². The number of anilines is 3. The summed E-state index contributed by atoms with van der Waals surface area (Å²) in [5.41, 5.74) is 18.5. The Morgan fingerprint density at radius 2 is 1.03 bits per heavy atom. The van der Waals surface area contributed by atoms with Crippen molar-refractivity contribution in [3.63, 3.8) is 0 Å². The van der Waals surface area contributed by atoms with Crippen LogP contribution in [0, 0.1) is 0 Å². The normalized spacial score (nSPS) is 12.8. The molecule has 0 bridgehead atoms. The lowest BCUT2D eigenvalue weighted by molar-refractivity contribution is 0.489. The highest BCUT2D eigenvalue weighted by atomic mass is 16.5. The number of aromatic nitrogens is 1. The Balaban J connectivity index is 1.11. The van der Waals surface area contributed by atoms with Crippen molar-refractivity contribution in [2.75, 3.05) is 4.90 Å². The molecule has 0 amide bonds. The molecule has 12 aromatic rings. The third-order valence-electron chi connectivity index (χ3n) is 15.0. The van der Waals surface area contributed by atoms with E-state index in [1.54, 1.807) is 0 Å². The van der Waals surface area contributed by atoms with E-state index in [4.69, 9.17) is 4.74 Å². The summed E-state index contributed by atoms with van der Waals surface area (Å²) in [6.07, 6.45) is 0. The molecule has 0 unspecified atom stereocenters. The van der Waals surface area contributed by atoms with E-state index in [-0.39, 0.29) is 12.1 Å². The number of ether oxygens (including phenoxy) is 1. The maximum absolute atomic E-state index is 7.63. The number of rotatable bonds is 5. The molecule has 0 radical (unpaired) electrons. The maximum Gasteiger partial charge on any atom is 0.256 e. The summed E-state index contributed by atoms with van der Waals surface area (Å²) in [5.74, 6) is 1.76. The van der Waals surface area contributed by atoms with Crippen molar-refractivity contribution in [1.82, 2.24) is 4.57 Å². The molecule has 330 valence electrons. The van der Waals surface area contributed by atoms with Gasteiger partial charge < -0.3 is 14.2 Å². The van der Waals surface area contributed by atoms with E-state index in [1.807, 2.05) is 0 Å². The molecule has 0 saturated carbocycles. The van der Waals surface area contributed by atoms with Gasteiger partial charge in [-0.1, -0.05) is 203 Å². The van der Waals surface area contributed by atoms with Crippen LogP contribution in [0.1, 0.15) is 26.3 Å². The van der Waals surface area contributed by atoms with Crippen molar-refractivity contribution in [2.24, 2.45) is 0 Å². The molecule has 0 spiro atoms. The van der Waals surface area contributed by atoms with E-state index in [0.29, 0.717) is 0 Å². The minimum Gasteiger partial charge on any atom is -0.458 e. The van der Waals surface area contributed by atoms with Gasteiger partial charge in [-0.3, -0.25) is 0 Å². The van der Waals surface area contributed by atoms with Gasteiger partial charge in [0.25, 0.3) is 6.71 Å². The van der Waals surface area contributed by atoms with Gasteiger partial charge >= 0.3 is 0 Å². The largest absolute Gasteiger partial charge is 0.458 e. The minimum atomic E-state index is -0.178. The van der Waals surface area contributed by atoms with Gasteiger partial charge in [0.15, 0.2) is 0 Å². The predicted octanol–water partition coefficient (Wildman–Crippen LogP) is 15.8. The standard InChI is InChI=1S/C66H47BN2O/c1-66(2,3)49-34-31-43(32-35-49)48-38-61-64-62(39-48)70-65-54(44-19-8-5-9-20-44)40-50(68-57-26-14-12-24-52(57)53-25-13-15-27-58(53)68)41-56(65)67(64)55-37-47(42-17-6-4-7-18-42)33-36-59(55)69(61)60-28-16-22-46-30-29-45-21-10-11-23-51(45)63(46)60/h4-41H,1-3H3. The lowest BCUT2D eigenvalue weighted by Gasteiger charge is -2.41. The van der Waals surface area contributed by atoms with E-state index in [2.05, 4.69) is 261 Å². The predicted molar refractivity (Wildman–Crippen MR) is 297 cm³/mol. The summed E-state index contributed by atoms with van der Waals surface area (Å²) in [6.45, 7) is 6.66. The van der Waals surface area contributed by atoms with Crippen molar-refractivity contribution in [1.29, 1.82) is 0 Å². The van der Waals surface area contributed by atoms with Crippen LogP contribution in [0.15, 0.2) is 231 Å². The number of hydrogen-bond donors (Lipinski definition) is 0. The van der Waals surface area contributed by atoms with E-state index in [0.717, 1.165) is 67.4 Å². The second kappa shape index (κ2) is 15.5. The van der Waals surface area contributed by atoms with Crippen molar-refractivity contribution in [3.8, 4) is 50.6 Å². The fraction of sp³-hybridized carbons (Fsp3) is 0.0606. The van der Waals surface area contributed by atoms with E-state index < -0.39 is 0 Å². The van der Waals surface area contributed by atoms with Crippen LogP contribution in [0.4, 0.5) is 17.1 Å². The molecule has 2 aliphatic rings. The second-order valence-corrected chi connectivity index (χ2v) is 20.1. The van der Waals surface area contributed by atoms with Crippen molar-refractivity contribution in [3.05, 3.63) is 236 Å². The Hall–Kier alpha value is -8.60. The Labute approximate surface area is 408 Å². The average molecular weight is 895 g/mol. The van der Waals surface area contributed by atoms with Crippen molar-refractivity contribution in [2.45, 2.75) is 26.2 Å². The number of para-hydroxylation sites is 2. The third-order valence-corrected chi connectivity index (χ3v) is 15.0. The number of benzene rings is 11. The molecule has 0 saturated heterocycles. The molecule has 1 aromatic heterocycles. The molecule has 70 heavy (non-hydrogen) atoms. The average Bonchev–Trinajstić information content (AvgIpc) is 3.75. The maximum atomic E-state index is 7.63. The summed E-state index contributed by atoms with van der Waals surface area (Å²) in [5, 5.41) is 7.34. The molecule has 11 aromatic carbocycles. The minimum absolute atomic E-state index is 0.0303. The molecular formula is C66H47BN2O. The molecule has 0 atom stereocenters. The van der Waals surface area contributed by atoms with Gasteiger partial charge in [0.1, 0.15) is 11.5 Å². The summed E-state index contributed by atoms with van der Waals surface area (Å²) in [4.78, 5) is 2.55. The van der Waals surface area contributed by atoms with Gasteiger partial charge in [-0.05, 0) is 120 Å². The molecular weight excluding hydrogens is 848 g/mol. The highest BCUT2D eigenvalue weighted by Gasteiger charge is 2.44. The van der Waals surface area contributed by atoms with Crippen LogP contribution in [-0.2, 0) is 5.41 Å². The van der Waals surface area contributed by atoms with Crippen LogP contribution in [0.5, 0.6) is 11.5 Å². The van der Waals surface area contributed by atoms with Crippen LogP contribution in [0.2, 0.25) is 0 Å². The fourth-order valence-corrected chi connectivity index (χ4v) is 11.6. The highest BCUT2D eigenvalue weighted by molar-refractivity contribution is 6.99. The first kappa shape index (κ1) is 40.5. The smallest absolute Gasteiger partial charge is 0.256 e. The number of hydrogen-bond acceptors (Lipinski definition) is 2. The molecule has 0 fully saturated rings. The zero-order valence-corrected chi connectivity index (χ0v) is 39.3.